The van der Waals surface area contributed by atoms with E-state index in [1.54, 1.807) is 24.4 Å². The Balaban J connectivity index is 2.01. The third kappa shape index (κ3) is 2.67. The molecule has 0 spiro atoms. The second kappa shape index (κ2) is 5.42. The van der Waals surface area contributed by atoms with Gasteiger partial charge in [-0.05, 0) is 23.8 Å². The van der Waals surface area contributed by atoms with E-state index in [4.69, 9.17) is 0 Å². The molecule has 0 aliphatic carbocycles. The highest BCUT2D eigenvalue weighted by molar-refractivity contribution is 5.82. The van der Waals surface area contributed by atoms with Gasteiger partial charge in [-0.2, -0.15) is 13.2 Å². The van der Waals surface area contributed by atoms with E-state index in [0.717, 1.165) is 17.5 Å². The predicted molar refractivity (Wildman–Crippen MR) is 77.2 cm³/mol. The lowest BCUT2D eigenvalue weighted by atomic mass is 9.98. The molecule has 3 aromatic rings. The average molecular weight is 303 g/mol. The van der Waals surface area contributed by atoms with E-state index in [-0.39, 0.29) is 0 Å². The number of para-hydroxylation sites is 1. The molecule has 0 aliphatic rings. The first-order chi connectivity index (χ1) is 10.5. The molecule has 0 fully saturated rings. The Morgan fingerprint density at radius 2 is 1.59 bits per heavy atom. The zero-order valence-corrected chi connectivity index (χ0v) is 11.4. The summed E-state index contributed by atoms with van der Waals surface area (Å²) in [6, 6.07) is 13.5. The van der Waals surface area contributed by atoms with E-state index in [1.165, 1.54) is 12.1 Å². The first-order valence-electron chi connectivity index (χ1n) is 6.66. The number of fused-ring (bicyclic) bond motifs is 1. The highest BCUT2D eigenvalue weighted by Crippen LogP contribution is 2.32. The smallest absolute Gasteiger partial charge is 0.384 e. The number of benzene rings is 2. The van der Waals surface area contributed by atoms with Crippen molar-refractivity contribution in [2.75, 3.05) is 0 Å². The standard InChI is InChI=1S/C17H12F3NO/c18-17(19,20)13-8-6-12(7-9-13)16(22)14-5-1-3-11-4-2-10-21-15(11)14/h1-10,16,22H. The van der Waals surface area contributed by atoms with Crippen molar-refractivity contribution in [3.63, 3.8) is 0 Å². The van der Waals surface area contributed by atoms with Crippen molar-refractivity contribution in [1.82, 2.24) is 4.98 Å². The molecule has 1 aromatic heterocycles. The van der Waals surface area contributed by atoms with Gasteiger partial charge in [0.05, 0.1) is 11.1 Å². The molecule has 0 bridgehead atoms. The molecule has 2 nitrogen and oxygen atoms in total. The largest absolute Gasteiger partial charge is 0.416 e. The van der Waals surface area contributed by atoms with Crippen LogP contribution in [0.2, 0.25) is 0 Å². The summed E-state index contributed by atoms with van der Waals surface area (Å²) in [5.41, 5.74) is 0.862. The Kier molecular flexibility index (Phi) is 3.58. The zero-order valence-electron chi connectivity index (χ0n) is 11.4. The Hall–Kier alpha value is -2.40. The van der Waals surface area contributed by atoms with Gasteiger partial charge >= 0.3 is 6.18 Å². The SMILES string of the molecule is OC(c1ccc(C(F)(F)F)cc1)c1cccc2cccnc12. The number of hydrogen-bond donors (Lipinski definition) is 1. The number of alkyl halides is 3. The van der Waals surface area contributed by atoms with E-state index < -0.39 is 17.8 Å². The number of halogens is 3. The van der Waals surface area contributed by atoms with Gasteiger partial charge in [-0.25, -0.2) is 0 Å². The second-order valence-electron chi connectivity index (χ2n) is 4.94. The molecule has 5 heteroatoms. The number of hydrogen-bond acceptors (Lipinski definition) is 2. The summed E-state index contributed by atoms with van der Waals surface area (Å²) in [6.45, 7) is 0. The van der Waals surface area contributed by atoms with Gasteiger partial charge in [0.2, 0.25) is 0 Å². The van der Waals surface area contributed by atoms with E-state index in [9.17, 15) is 18.3 Å². The quantitative estimate of drug-likeness (QED) is 0.764. The zero-order chi connectivity index (χ0) is 15.7. The highest BCUT2D eigenvalue weighted by atomic mass is 19.4. The maximum atomic E-state index is 12.6. The minimum absolute atomic E-state index is 0.395. The Bertz CT molecular complexity index is 792. The molecular weight excluding hydrogens is 291 g/mol. The van der Waals surface area contributed by atoms with E-state index in [2.05, 4.69) is 4.98 Å². The van der Waals surface area contributed by atoms with Crippen LogP contribution in [0, 0.1) is 0 Å². The van der Waals surface area contributed by atoms with E-state index in [1.807, 2.05) is 12.1 Å². The highest BCUT2D eigenvalue weighted by Gasteiger charge is 2.30. The maximum absolute atomic E-state index is 12.6. The van der Waals surface area contributed by atoms with Gasteiger partial charge in [0.25, 0.3) is 0 Å². The van der Waals surface area contributed by atoms with Gasteiger partial charge < -0.3 is 5.11 Å². The van der Waals surface area contributed by atoms with Gasteiger partial charge in [-0.3, -0.25) is 4.98 Å². The molecule has 1 heterocycles. The fraction of sp³-hybridized carbons (Fsp3) is 0.118. The van der Waals surface area contributed by atoms with Crippen LogP contribution in [0.4, 0.5) is 13.2 Å². The van der Waals surface area contributed by atoms with Crippen molar-refractivity contribution in [1.29, 1.82) is 0 Å². The normalized spacial score (nSPS) is 13.3. The monoisotopic (exact) mass is 303 g/mol. The van der Waals surface area contributed by atoms with Crippen LogP contribution in [0.25, 0.3) is 10.9 Å². The third-order valence-corrected chi connectivity index (χ3v) is 3.51. The molecule has 0 saturated carbocycles. The van der Waals surface area contributed by atoms with Crippen LogP contribution in [0.3, 0.4) is 0 Å². The number of pyridine rings is 1. The summed E-state index contributed by atoms with van der Waals surface area (Å²) in [4.78, 5) is 4.24. The molecule has 0 saturated heterocycles. The lowest BCUT2D eigenvalue weighted by Crippen LogP contribution is -2.06. The van der Waals surface area contributed by atoms with Crippen LogP contribution < -0.4 is 0 Å². The first kappa shape index (κ1) is 14.5. The van der Waals surface area contributed by atoms with Crippen LogP contribution >= 0.6 is 0 Å². The Labute approximate surface area is 124 Å². The minimum Gasteiger partial charge on any atom is -0.384 e. The second-order valence-corrected chi connectivity index (χ2v) is 4.94. The molecule has 0 aliphatic heterocycles. The number of aliphatic hydroxyl groups is 1. The van der Waals surface area contributed by atoms with Crippen LogP contribution in [0.15, 0.2) is 60.8 Å². The molecule has 1 atom stereocenters. The molecule has 0 amide bonds. The minimum atomic E-state index is -4.38. The van der Waals surface area contributed by atoms with Crippen LogP contribution in [0.1, 0.15) is 22.8 Å². The summed E-state index contributed by atoms with van der Waals surface area (Å²) in [5, 5.41) is 11.3. The molecule has 112 valence electrons. The van der Waals surface area contributed by atoms with Gasteiger partial charge in [-0.15, -0.1) is 0 Å². The van der Waals surface area contributed by atoms with E-state index >= 15 is 0 Å². The molecular formula is C17H12F3NO. The Morgan fingerprint density at radius 3 is 2.27 bits per heavy atom. The van der Waals surface area contributed by atoms with E-state index in [0.29, 0.717) is 16.6 Å². The summed E-state index contributed by atoms with van der Waals surface area (Å²) in [6.07, 6.45) is -3.80. The average Bonchev–Trinajstić information content (AvgIpc) is 2.53. The van der Waals surface area contributed by atoms with Crippen LogP contribution in [-0.4, -0.2) is 10.1 Å². The summed E-state index contributed by atoms with van der Waals surface area (Å²) < 4.78 is 37.7. The summed E-state index contributed by atoms with van der Waals surface area (Å²) in [7, 11) is 0. The molecule has 22 heavy (non-hydrogen) atoms. The predicted octanol–water partition coefficient (Wildman–Crippen LogP) is 4.34. The summed E-state index contributed by atoms with van der Waals surface area (Å²) in [5.74, 6) is 0. The first-order valence-corrected chi connectivity index (χ1v) is 6.66. The van der Waals surface area contributed by atoms with Crippen molar-refractivity contribution in [2.24, 2.45) is 0 Å². The molecule has 0 radical (unpaired) electrons. The molecule has 1 unspecified atom stereocenters. The van der Waals surface area contributed by atoms with Crippen molar-refractivity contribution in [3.05, 3.63) is 77.5 Å². The van der Waals surface area contributed by atoms with Gasteiger partial charge in [0.1, 0.15) is 6.10 Å². The van der Waals surface area contributed by atoms with Gasteiger partial charge in [0, 0.05) is 17.1 Å². The number of rotatable bonds is 2. The van der Waals surface area contributed by atoms with Crippen molar-refractivity contribution in [2.45, 2.75) is 12.3 Å². The fourth-order valence-corrected chi connectivity index (χ4v) is 2.38. The summed E-state index contributed by atoms with van der Waals surface area (Å²) >= 11 is 0. The number of aromatic nitrogens is 1. The Morgan fingerprint density at radius 1 is 0.909 bits per heavy atom. The topological polar surface area (TPSA) is 33.1 Å². The third-order valence-electron chi connectivity index (χ3n) is 3.51. The van der Waals surface area contributed by atoms with Crippen LogP contribution in [0.5, 0.6) is 0 Å². The lowest BCUT2D eigenvalue weighted by Gasteiger charge is -2.14. The van der Waals surface area contributed by atoms with Crippen molar-refractivity contribution >= 4 is 10.9 Å². The fourth-order valence-electron chi connectivity index (χ4n) is 2.38. The van der Waals surface area contributed by atoms with Gasteiger partial charge in [-0.1, -0.05) is 36.4 Å². The lowest BCUT2D eigenvalue weighted by molar-refractivity contribution is -0.137. The van der Waals surface area contributed by atoms with Crippen molar-refractivity contribution < 1.29 is 18.3 Å². The number of aliphatic hydroxyl groups excluding tert-OH is 1. The van der Waals surface area contributed by atoms with Crippen molar-refractivity contribution in [3.8, 4) is 0 Å². The van der Waals surface area contributed by atoms with Crippen LogP contribution in [-0.2, 0) is 6.18 Å². The number of nitrogens with zero attached hydrogens (tertiary/aromatic N) is 1. The molecule has 3 rings (SSSR count). The van der Waals surface area contributed by atoms with Gasteiger partial charge in [0.15, 0.2) is 0 Å². The molecule has 2 aromatic carbocycles. The maximum Gasteiger partial charge on any atom is 0.416 e. The molecule has 1 N–H and O–H groups in total.